The third kappa shape index (κ3) is 6.52. The number of hydrogen-bond acceptors (Lipinski definition) is 6. The van der Waals surface area contributed by atoms with Gasteiger partial charge in [-0.1, -0.05) is 0 Å². The number of carbonyl (C=O) groups excluding carboxylic acids is 1. The topological polar surface area (TPSA) is 112 Å². The molecule has 2 rings (SSSR count). The first-order chi connectivity index (χ1) is 11.6. The third-order valence-corrected chi connectivity index (χ3v) is 4.80. The maximum atomic E-state index is 12.2. The van der Waals surface area contributed by atoms with Gasteiger partial charge in [-0.25, -0.2) is 4.79 Å². The zero-order valence-corrected chi connectivity index (χ0v) is 14.9. The van der Waals surface area contributed by atoms with Crippen molar-refractivity contribution in [3.05, 3.63) is 0 Å². The Morgan fingerprint density at radius 3 is 2.62 bits per heavy atom. The van der Waals surface area contributed by atoms with Crippen LogP contribution in [0.2, 0.25) is 0 Å². The second-order valence-electron chi connectivity index (χ2n) is 6.88. The van der Waals surface area contributed by atoms with E-state index in [1.54, 1.807) is 7.11 Å². The summed E-state index contributed by atoms with van der Waals surface area (Å²) >= 11 is 0. The Morgan fingerprint density at radius 2 is 1.96 bits per heavy atom. The predicted octanol–water partition coefficient (Wildman–Crippen LogP) is -0.237. The third-order valence-electron chi connectivity index (χ3n) is 4.80. The van der Waals surface area contributed by atoms with Gasteiger partial charge in [0.1, 0.15) is 6.29 Å². The van der Waals surface area contributed by atoms with Crippen LogP contribution >= 0.6 is 0 Å². The fourth-order valence-corrected chi connectivity index (χ4v) is 3.43. The molecule has 0 aromatic heterocycles. The van der Waals surface area contributed by atoms with Gasteiger partial charge in [0.2, 0.25) is 0 Å². The highest BCUT2D eigenvalue weighted by Gasteiger charge is 2.27. The summed E-state index contributed by atoms with van der Waals surface area (Å²) in [6.07, 6.45) is 6.14. The number of urea groups is 1. The summed E-state index contributed by atoms with van der Waals surface area (Å²) in [6, 6.07) is 0.427. The minimum Gasteiger partial charge on any atom is -0.381 e. The van der Waals surface area contributed by atoms with E-state index in [1.165, 1.54) is 0 Å². The zero-order chi connectivity index (χ0) is 17.4. The molecule has 3 atom stereocenters. The first-order valence-electron chi connectivity index (χ1n) is 9.16. The van der Waals surface area contributed by atoms with Crippen LogP contribution in [0.3, 0.4) is 0 Å². The van der Waals surface area contributed by atoms with Crippen molar-refractivity contribution in [1.82, 2.24) is 26.6 Å². The minimum atomic E-state index is -0.237. The summed E-state index contributed by atoms with van der Waals surface area (Å²) in [5.74, 6) is 0. The number of nitrogens with two attached hydrogens (primary N) is 1. The van der Waals surface area contributed by atoms with Crippen molar-refractivity contribution in [2.24, 2.45) is 5.73 Å². The molecule has 1 aliphatic carbocycles. The highest BCUT2D eigenvalue weighted by molar-refractivity contribution is 5.74. The number of nitrogens with one attached hydrogen (secondary N) is 5. The van der Waals surface area contributed by atoms with Gasteiger partial charge in [0, 0.05) is 19.2 Å². The highest BCUT2D eigenvalue weighted by Crippen LogP contribution is 2.20. The lowest BCUT2D eigenvalue weighted by atomic mass is 9.93. The van der Waals surface area contributed by atoms with Crippen LogP contribution in [-0.2, 0) is 4.74 Å². The first kappa shape index (κ1) is 19.4. The zero-order valence-electron chi connectivity index (χ0n) is 14.9. The average molecular weight is 342 g/mol. The molecule has 0 aromatic carbocycles. The molecule has 2 amide bonds. The van der Waals surface area contributed by atoms with Crippen LogP contribution in [0.15, 0.2) is 0 Å². The second kappa shape index (κ2) is 10.1. The number of hydrogen-bond donors (Lipinski definition) is 6. The van der Waals surface area contributed by atoms with E-state index < -0.39 is 0 Å². The van der Waals surface area contributed by atoms with Crippen LogP contribution in [0.4, 0.5) is 4.79 Å². The Balaban J connectivity index is 1.70. The number of carbonyl (C=O) groups is 1. The van der Waals surface area contributed by atoms with Crippen molar-refractivity contribution in [2.45, 2.75) is 76.1 Å². The number of ether oxygens (including phenoxy) is 1. The molecule has 7 N–H and O–H groups in total. The number of methoxy groups -OCH3 is 1. The molecule has 0 aromatic rings. The maximum Gasteiger partial charge on any atom is 0.317 e. The maximum absolute atomic E-state index is 12.2. The van der Waals surface area contributed by atoms with E-state index in [0.717, 1.165) is 45.1 Å². The van der Waals surface area contributed by atoms with Gasteiger partial charge in [0.25, 0.3) is 0 Å². The fourth-order valence-electron chi connectivity index (χ4n) is 3.43. The molecular formula is C16H34N6O2. The molecule has 0 bridgehead atoms. The Kier molecular flexibility index (Phi) is 8.20. The molecule has 3 unspecified atom stereocenters. The Morgan fingerprint density at radius 1 is 1.21 bits per heavy atom. The van der Waals surface area contributed by atoms with Gasteiger partial charge in [0.05, 0.1) is 12.3 Å². The minimum absolute atomic E-state index is 0.129. The van der Waals surface area contributed by atoms with Crippen LogP contribution in [-0.4, -0.2) is 56.9 Å². The van der Waals surface area contributed by atoms with E-state index in [0.29, 0.717) is 18.7 Å². The molecule has 0 spiro atoms. The Bertz CT molecular complexity index is 376. The number of amides is 2. The molecule has 8 nitrogen and oxygen atoms in total. The summed E-state index contributed by atoms with van der Waals surface area (Å²) in [5, 5.41) is 16.2. The SMILES string of the molecule is COC1CCC(NC(=O)NC2NC(C)CC(NCCCN)N2)CC1. The molecule has 1 saturated heterocycles. The van der Waals surface area contributed by atoms with E-state index in [-0.39, 0.29) is 24.5 Å². The molecule has 1 heterocycles. The summed E-state index contributed by atoms with van der Waals surface area (Å²) in [6.45, 7) is 3.68. The standard InChI is InChI=1S/C16H34N6O2/c1-11-10-14(18-9-3-8-17)21-15(19-11)22-16(23)20-12-4-6-13(24-2)7-5-12/h11-15,18-19,21H,3-10,17H2,1-2H3,(H2,20,22,23). The van der Waals surface area contributed by atoms with Gasteiger partial charge in [-0.3, -0.25) is 10.6 Å². The van der Waals surface area contributed by atoms with Gasteiger partial charge in [-0.05, 0) is 58.5 Å². The quantitative estimate of drug-likeness (QED) is 0.356. The first-order valence-corrected chi connectivity index (χ1v) is 9.16. The highest BCUT2D eigenvalue weighted by atomic mass is 16.5. The van der Waals surface area contributed by atoms with Gasteiger partial charge in [-0.15, -0.1) is 0 Å². The lowest BCUT2D eigenvalue weighted by molar-refractivity contribution is 0.0633. The summed E-state index contributed by atoms with van der Waals surface area (Å²) < 4.78 is 5.37. The molecule has 1 saturated carbocycles. The summed E-state index contributed by atoms with van der Waals surface area (Å²) in [5.41, 5.74) is 5.53. The molecule has 2 fully saturated rings. The van der Waals surface area contributed by atoms with E-state index in [9.17, 15) is 4.79 Å². The molecule has 0 radical (unpaired) electrons. The largest absolute Gasteiger partial charge is 0.381 e. The van der Waals surface area contributed by atoms with Crippen LogP contribution in [0.25, 0.3) is 0 Å². The molecule has 24 heavy (non-hydrogen) atoms. The van der Waals surface area contributed by atoms with Gasteiger partial charge >= 0.3 is 6.03 Å². The lowest BCUT2D eigenvalue weighted by Gasteiger charge is -2.37. The van der Waals surface area contributed by atoms with E-state index in [2.05, 4.69) is 33.5 Å². The molecule has 1 aliphatic heterocycles. The average Bonchev–Trinajstić information content (AvgIpc) is 2.55. The summed E-state index contributed by atoms with van der Waals surface area (Å²) in [7, 11) is 1.75. The van der Waals surface area contributed by atoms with Gasteiger partial charge in [-0.2, -0.15) is 0 Å². The normalized spacial score (nSPS) is 33.9. The predicted molar refractivity (Wildman–Crippen MR) is 94.3 cm³/mol. The van der Waals surface area contributed by atoms with Crippen molar-refractivity contribution >= 4 is 6.03 Å². The van der Waals surface area contributed by atoms with E-state index in [4.69, 9.17) is 10.5 Å². The lowest BCUT2D eigenvalue weighted by Crippen LogP contribution is -2.68. The van der Waals surface area contributed by atoms with Crippen LogP contribution in [0.5, 0.6) is 0 Å². The molecular weight excluding hydrogens is 308 g/mol. The molecule has 8 heteroatoms. The Hall–Kier alpha value is -0.930. The molecule has 2 aliphatic rings. The van der Waals surface area contributed by atoms with Gasteiger partial charge < -0.3 is 26.4 Å². The Labute approximate surface area is 145 Å². The van der Waals surface area contributed by atoms with Crippen LogP contribution < -0.4 is 32.3 Å². The van der Waals surface area contributed by atoms with Crippen molar-refractivity contribution < 1.29 is 9.53 Å². The van der Waals surface area contributed by atoms with Crippen molar-refractivity contribution in [2.75, 3.05) is 20.2 Å². The van der Waals surface area contributed by atoms with Crippen LogP contribution in [0, 0.1) is 0 Å². The smallest absolute Gasteiger partial charge is 0.317 e. The van der Waals surface area contributed by atoms with E-state index >= 15 is 0 Å². The van der Waals surface area contributed by atoms with Crippen LogP contribution in [0.1, 0.15) is 45.4 Å². The fraction of sp³-hybridized carbons (Fsp3) is 0.938. The summed E-state index contributed by atoms with van der Waals surface area (Å²) in [4.78, 5) is 12.2. The number of rotatable bonds is 7. The van der Waals surface area contributed by atoms with Gasteiger partial charge in [0.15, 0.2) is 0 Å². The van der Waals surface area contributed by atoms with Crippen molar-refractivity contribution in [3.8, 4) is 0 Å². The van der Waals surface area contributed by atoms with E-state index in [1.807, 2.05) is 0 Å². The van der Waals surface area contributed by atoms with Crippen molar-refractivity contribution in [1.29, 1.82) is 0 Å². The molecule has 140 valence electrons. The van der Waals surface area contributed by atoms with Crippen molar-refractivity contribution in [3.63, 3.8) is 0 Å². The monoisotopic (exact) mass is 342 g/mol. The second-order valence-corrected chi connectivity index (χ2v) is 6.88.